The maximum absolute atomic E-state index is 12.4. The van der Waals surface area contributed by atoms with E-state index in [4.69, 9.17) is 5.11 Å². The van der Waals surface area contributed by atoms with Crippen molar-refractivity contribution >= 4 is 5.97 Å². The van der Waals surface area contributed by atoms with Crippen LogP contribution in [0.4, 0.5) is 8.78 Å². The third kappa shape index (κ3) is 7.25. The lowest BCUT2D eigenvalue weighted by Gasteiger charge is -2.11. The van der Waals surface area contributed by atoms with Crippen molar-refractivity contribution in [2.45, 2.75) is 51.6 Å². The van der Waals surface area contributed by atoms with Gasteiger partial charge in [-0.05, 0) is 6.42 Å². The Balaban J connectivity index is 3.35. The van der Waals surface area contributed by atoms with Gasteiger partial charge >= 0.3 is 12.1 Å². The van der Waals surface area contributed by atoms with E-state index in [0.29, 0.717) is 6.42 Å². The molecule has 0 unspecified atom stereocenters. The summed E-state index contributed by atoms with van der Waals surface area (Å²) in [5.74, 6) is -2.23. The summed E-state index contributed by atoms with van der Waals surface area (Å²) in [4.78, 5) is 9.95. The predicted molar refractivity (Wildman–Crippen MR) is 51.9 cm³/mol. The number of ether oxygens (including phenoxy) is 1. The number of carboxylic acids is 1. The molecular weight excluding hydrogens is 206 g/mol. The van der Waals surface area contributed by atoms with Crippen LogP contribution in [0.25, 0.3) is 0 Å². The van der Waals surface area contributed by atoms with Crippen molar-refractivity contribution in [3.8, 4) is 0 Å². The Morgan fingerprint density at radius 3 is 2.27 bits per heavy atom. The number of aliphatic carboxylic acids is 1. The van der Waals surface area contributed by atoms with Crippen molar-refractivity contribution in [2.75, 3.05) is 6.61 Å². The Morgan fingerprint density at radius 1 is 1.20 bits per heavy atom. The van der Waals surface area contributed by atoms with E-state index >= 15 is 0 Å². The van der Waals surface area contributed by atoms with Gasteiger partial charge in [-0.25, -0.2) is 4.79 Å². The highest BCUT2D eigenvalue weighted by Crippen LogP contribution is 2.16. The topological polar surface area (TPSA) is 46.5 Å². The van der Waals surface area contributed by atoms with Gasteiger partial charge in [0.05, 0.1) is 6.61 Å². The number of carboxylic acid groups (broad SMARTS) is 1. The van der Waals surface area contributed by atoms with Gasteiger partial charge in [-0.1, -0.05) is 39.0 Å². The highest BCUT2D eigenvalue weighted by molar-refractivity contribution is 5.73. The lowest BCUT2D eigenvalue weighted by atomic mass is 10.1. The summed E-state index contributed by atoms with van der Waals surface area (Å²) in [5.41, 5.74) is 0. The van der Waals surface area contributed by atoms with Crippen molar-refractivity contribution in [2.24, 2.45) is 0 Å². The van der Waals surface area contributed by atoms with Gasteiger partial charge in [0.2, 0.25) is 0 Å². The molecular formula is C10H18F2O3. The summed E-state index contributed by atoms with van der Waals surface area (Å²) < 4.78 is 28.7. The minimum Gasteiger partial charge on any atom is -0.475 e. The van der Waals surface area contributed by atoms with Crippen LogP contribution >= 0.6 is 0 Å². The molecule has 0 fully saturated rings. The molecule has 0 atom stereocenters. The minimum atomic E-state index is -4.04. The van der Waals surface area contributed by atoms with Crippen molar-refractivity contribution in [1.29, 1.82) is 0 Å². The SMILES string of the molecule is CCCCCCCCOC(F)(F)C(=O)O. The van der Waals surface area contributed by atoms with Crippen LogP contribution in [-0.2, 0) is 9.53 Å². The molecule has 3 nitrogen and oxygen atoms in total. The zero-order valence-electron chi connectivity index (χ0n) is 8.97. The minimum absolute atomic E-state index is 0.203. The summed E-state index contributed by atoms with van der Waals surface area (Å²) >= 11 is 0. The molecule has 0 saturated carbocycles. The molecule has 15 heavy (non-hydrogen) atoms. The van der Waals surface area contributed by atoms with E-state index in [9.17, 15) is 13.6 Å². The van der Waals surface area contributed by atoms with E-state index < -0.39 is 12.1 Å². The van der Waals surface area contributed by atoms with Gasteiger partial charge in [-0.3, -0.25) is 0 Å². The number of carbonyl (C=O) groups is 1. The van der Waals surface area contributed by atoms with Crippen LogP contribution in [0.1, 0.15) is 45.4 Å². The number of alkyl halides is 2. The van der Waals surface area contributed by atoms with Crippen LogP contribution in [0, 0.1) is 0 Å². The van der Waals surface area contributed by atoms with Gasteiger partial charge in [0.15, 0.2) is 0 Å². The van der Waals surface area contributed by atoms with Gasteiger partial charge in [-0.15, -0.1) is 0 Å². The fourth-order valence-electron chi connectivity index (χ4n) is 1.14. The molecule has 0 aliphatic rings. The van der Waals surface area contributed by atoms with Crippen LogP contribution in [0.2, 0.25) is 0 Å². The maximum Gasteiger partial charge on any atom is 0.455 e. The van der Waals surface area contributed by atoms with Gasteiger partial charge < -0.3 is 9.84 Å². The Bertz CT molecular complexity index is 184. The van der Waals surface area contributed by atoms with Gasteiger partial charge in [0, 0.05) is 0 Å². The standard InChI is InChI=1S/C10H18F2O3/c1-2-3-4-5-6-7-8-15-10(11,12)9(13)14/h2-8H2,1H3,(H,13,14). The normalized spacial score (nSPS) is 11.7. The fraction of sp³-hybridized carbons (Fsp3) is 0.900. The second-order valence-electron chi connectivity index (χ2n) is 3.44. The lowest BCUT2D eigenvalue weighted by Crippen LogP contribution is -2.31. The summed E-state index contributed by atoms with van der Waals surface area (Å²) in [6.07, 6.45) is 1.59. The van der Waals surface area contributed by atoms with Gasteiger partial charge in [0.25, 0.3) is 0 Å². The zero-order chi connectivity index (χ0) is 11.7. The first-order valence-electron chi connectivity index (χ1n) is 5.26. The molecule has 0 aromatic carbocycles. The number of hydrogen-bond acceptors (Lipinski definition) is 2. The Morgan fingerprint density at radius 2 is 1.73 bits per heavy atom. The first-order valence-corrected chi connectivity index (χ1v) is 5.26. The number of unbranched alkanes of at least 4 members (excludes halogenated alkanes) is 5. The number of rotatable bonds is 9. The molecule has 0 amide bonds. The molecule has 0 rings (SSSR count). The molecule has 0 heterocycles. The molecule has 0 radical (unpaired) electrons. The second kappa shape index (κ2) is 7.56. The molecule has 0 aromatic rings. The molecule has 1 N–H and O–H groups in total. The summed E-state index contributed by atoms with van der Waals surface area (Å²) in [6.45, 7) is 1.89. The number of halogens is 2. The average molecular weight is 224 g/mol. The summed E-state index contributed by atoms with van der Waals surface area (Å²) in [5, 5.41) is 8.04. The molecule has 90 valence electrons. The molecule has 5 heteroatoms. The molecule has 0 bridgehead atoms. The van der Waals surface area contributed by atoms with Crippen molar-refractivity contribution in [1.82, 2.24) is 0 Å². The smallest absolute Gasteiger partial charge is 0.455 e. The van der Waals surface area contributed by atoms with Crippen LogP contribution in [0.5, 0.6) is 0 Å². The molecule has 0 aliphatic carbocycles. The monoisotopic (exact) mass is 224 g/mol. The molecule has 0 aliphatic heterocycles. The Labute approximate surface area is 88.4 Å². The van der Waals surface area contributed by atoms with E-state index in [1.807, 2.05) is 0 Å². The predicted octanol–water partition coefficient (Wildman–Crippen LogP) is 3.04. The fourth-order valence-corrected chi connectivity index (χ4v) is 1.14. The zero-order valence-corrected chi connectivity index (χ0v) is 8.97. The highest BCUT2D eigenvalue weighted by Gasteiger charge is 2.40. The van der Waals surface area contributed by atoms with E-state index in [1.54, 1.807) is 0 Å². The van der Waals surface area contributed by atoms with E-state index in [1.165, 1.54) is 0 Å². The van der Waals surface area contributed by atoms with Crippen LogP contribution < -0.4 is 0 Å². The third-order valence-electron chi connectivity index (χ3n) is 2.03. The van der Waals surface area contributed by atoms with E-state index in [0.717, 1.165) is 32.1 Å². The lowest BCUT2D eigenvalue weighted by molar-refractivity contribution is -0.245. The van der Waals surface area contributed by atoms with Gasteiger partial charge in [-0.2, -0.15) is 8.78 Å². The third-order valence-corrected chi connectivity index (χ3v) is 2.03. The van der Waals surface area contributed by atoms with Crippen LogP contribution in [-0.4, -0.2) is 23.8 Å². The Hall–Kier alpha value is -0.710. The van der Waals surface area contributed by atoms with Crippen LogP contribution in [0.15, 0.2) is 0 Å². The summed E-state index contributed by atoms with van der Waals surface area (Å²) in [7, 11) is 0. The summed E-state index contributed by atoms with van der Waals surface area (Å²) in [6, 6.07) is 0. The van der Waals surface area contributed by atoms with Gasteiger partial charge in [0.1, 0.15) is 0 Å². The quantitative estimate of drug-likeness (QED) is 0.612. The largest absolute Gasteiger partial charge is 0.475 e. The first-order chi connectivity index (χ1) is 7.00. The maximum atomic E-state index is 12.4. The van der Waals surface area contributed by atoms with E-state index in [-0.39, 0.29) is 6.61 Å². The van der Waals surface area contributed by atoms with Crippen LogP contribution in [0.3, 0.4) is 0 Å². The molecule has 0 spiro atoms. The van der Waals surface area contributed by atoms with E-state index in [2.05, 4.69) is 11.7 Å². The Kier molecular flexibility index (Phi) is 7.21. The first kappa shape index (κ1) is 14.3. The second-order valence-corrected chi connectivity index (χ2v) is 3.44. The van der Waals surface area contributed by atoms with Crippen molar-refractivity contribution < 1.29 is 23.4 Å². The highest BCUT2D eigenvalue weighted by atomic mass is 19.3. The number of hydrogen-bond donors (Lipinski definition) is 1. The molecule has 0 aromatic heterocycles. The average Bonchev–Trinajstić information content (AvgIpc) is 2.16. The van der Waals surface area contributed by atoms with Crippen molar-refractivity contribution in [3.63, 3.8) is 0 Å². The van der Waals surface area contributed by atoms with Crippen molar-refractivity contribution in [3.05, 3.63) is 0 Å². The molecule has 0 saturated heterocycles.